The van der Waals surface area contributed by atoms with Crippen LogP contribution in [0, 0.1) is 32.6 Å². The maximum atomic E-state index is 14.3. The van der Waals surface area contributed by atoms with Crippen LogP contribution in [0.15, 0.2) is 56.8 Å². The summed E-state index contributed by atoms with van der Waals surface area (Å²) in [5.41, 5.74) is 11.3. The first-order valence-electron chi connectivity index (χ1n) is 24.5. The van der Waals surface area contributed by atoms with E-state index >= 15 is 0 Å². The van der Waals surface area contributed by atoms with Crippen LogP contribution in [0.5, 0.6) is 0 Å². The summed E-state index contributed by atoms with van der Waals surface area (Å²) in [4.78, 5) is 77.8. The number of nitrogens with zero attached hydrogens (tertiary/aromatic N) is 4. The van der Waals surface area contributed by atoms with Crippen molar-refractivity contribution in [1.29, 1.82) is 0 Å². The van der Waals surface area contributed by atoms with Gasteiger partial charge in [-0.15, -0.1) is 0 Å². The van der Waals surface area contributed by atoms with Crippen molar-refractivity contribution < 1.29 is 42.9 Å². The van der Waals surface area contributed by atoms with Crippen LogP contribution in [0.2, 0.25) is 0 Å². The number of rotatable bonds is 16. The molecule has 2 aromatic heterocycles. The number of aromatic nitrogens is 2. The Bertz CT molecular complexity index is 2980. The van der Waals surface area contributed by atoms with Gasteiger partial charge in [-0.1, -0.05) is 55.8 Å². The van der Waals surface area contributed by atoms with E-state index in [1.54, 1.807) is 20.8 Å². The molecule has 0 fully saturated rings. The zero-order valence-corrected chi connectivity index (χ0v) is 43.3. The predicted octanol–water partition coefficient (Wildman–Crippen LogP) is 7.90. The summed E-state index contributed by atoms with van der Waals surface area (Å²) in [5, 5.41) is 7.44. The molecule has 7 rings (SSSR count). The van der Waals surface area contributed by atoms with Gasteiger partial charge < -0.3 is 38.7 Å². The minimum absolute atomic E-state index is 0.00974. The number of ether oxygens (including phenoxy) is 4. The lowest BCUT2D eigenvalue weighted by molar-refractivity contribution is -0.145. The van der Waals surface area contributed by atoms with Gasteiger partial charge in [0.1, 0.15) is 18.3 Å². The van der Waals surface area contributed by atoms with Gasteiger partial charge in [0.05, 0.1) is 61.5 Å². The highest BCUT2D eigenvalue weighted by atomic mass is 16.6. The number of unbranched alkanes of at least 4 members (excludes halogenated alkanes) is 1. The van der Waals surface area contributed by atoms with Crippen molar-refractivity contribution in [2.75, 3.05) is 27.9 Å². The summed E-state index contributed by atoms with van der Waals surface area (Å²) in [7, 11) is 3.96. The van der Waals surface area contributed by atoms with Crippen molar-refractivity contribution in [1.82, 2.24) is 19.8 Å². The molecule has 15 nitrogen and oxygen atoms in total. The highest BCUT2D eigenvalue weighted by molar-refractivity contribution is 6.23. The molecule has 3 atom stereocenters. The van der Waals surface area contributed by atoms with Gasteiger partial charge in [-0.2, -0.15) is 0 Å². The number of allylic oxidation sites excluding steroid dienone is 3. The monoisotopic (exact) mass is 969 g/mol. The number of benzene rings is 1. The van der Waals surface area contributed by atoms with Crippen LogP contribution in [0.25, 0.3) is 36.0 Å². The second kappa shape index (κ2) is 21.5. The van der Waals surface area contributed by atoms with Gasteiger partial charge in [-0.3, -0.25) is 14.6 Å². The number of methoxy groups -OCH3 is 3. The van der Waals surface area contributed by atoms with Crippen molar-refractivity contribution in [3.63, 3.8) is 0 Å². The molecule has 0 aliphatic carbocycles. The molecule has 0 unspecified atom stereocenters. The third-order valence-electron chi connectivity index (χ3n) is 13.9. The van der Waals surface area contributed by atoms with Gasteiger partial charge in [-0.25, -0.2) is 19.4 Å². The van der Waals surface area contributed by atoms with Crippen LogP contribution < -0.4 is 21.3 Å². The van der Waals surface area contributed by atoms with E-state index < -0.39 is 41.6 Å². The predicted molar refractivity (Wildman–Crippen MR) is 277 cm³/mol. The number of carbonyl (C=O) groups is 5. The molecule has 0 saturated carbocycles. The molecule has 6 bridgehead atoms. The summed E-state index contributed by atoms with van der Waals surface area (Å²) in [6.07, 6.45) is 12.2. The fourth-order valence-electron chi connectivity index (χ4n) is 10.0. The number of hydrogen-bond acceptors (Lipinski definition) is 11. The van der Waals surface area contributed by atoms with E-state index in [0.29, 0.717) is 47.5 Å². The highest BCUT2D eigenvalue weighted by Crippen LogP contribution is 2.44. The molecule has 6 heterocycles. The average Bonchev–Trinajstić information content (AvgIpc) is 3.98. The summed E-state index contributed by atoms with van der Waals surface area (Å²) in [5.74, 6) is -2.72. The Morgan fingerprint density at radius 3 is 2.25 bits per heavy atom. The van der Waals surface area contributed by atoms with Crippen LogP contribution in [-0.4, -0.2) is 90.0 Å². The highest BCUT2D eigenvalue weighted by Gasteiger charge is 2.39. The Morgan fingerprint density at radius 1 is 0.859 bits per heavy atom. The van der Waals surface area contributed by atoms with Crippen LogP contribution in [0.3, 0.4) is 0 Å². The van der Waals surface area contributed by atoms with E-state index in [1.165, 1.54) is 26.9 Å². The summed E-state index contributed by atoms with van der Waals surface area (Å²) in [6, 6.07) is 7.46. The largest absolute Gasteiger partial charge is 0.469 e. The second-order valence-electron chi connectivity index (χ2n) is 19.7. The first-order valence-corrected chi connectivity index (χ1v) is 24.5. The van der Waals surface area contributed by atoms with E-state index in [-0.39, 0.29) is 44.2 Å². The molecule has 3 aromatic rings. The molecule has 2 amide bonds. The average molecular weight is 969 g/mol. The van der Waals surface area contributed by atoms with E-state index in [4.69, 9.17) is 28.9 Å². The van der Waals surface area contributed by atoms with Gasteiger partial charge in [0.15, 0.2) is 0 Å². The van der Waals surface area contributed by atoms with Gasteiger partial charge in [0.2, 0.25) is 5.91 Å². The van der Waals surface area contributed by atoms with Crippen molar-refractivity contribution in [3.8, 4) is 0 Å². The Kier molecular flexibility index (Phi) is 15.7. The fourth-order valence-corrected chi connectivity index (χ4v) is 10.0. The molecular formula is C56H68N6O9. The van der Waals surface area contributed by atoms with Gasteiger partial charge in [-0.05, 0) is 127 Å². The Hall–Kier alpha value is -7.03. The molecule has 1 aromatic carbocycles. The molecule has 376 valence electrons. The van der Waals surface area contributed by atoms with Crippen LogP contribution in [0.4, 0.5) is 4.79 Å². The Labute approximate surface area is 416 Å². The van der Waals surface area contributed by atoms with E-state index in [2.05, 4.69) is 103 Å². The van der Waals surface area contributed by atoms with Crippen molar-refractivity contribution in [3.05, 3.63) is 102 Å². The number of aliphatic imine (C=N–C) groups is 2. The maximum absolute atomic E-state index is 14.3. The zero-order chi connectivity index (χ0) is 51.5. The van der Waals surface area contributed by atoms with Gasteiger partial charge in [0.25, 0.3) is 0 Å². The van der Waals surface area contributed by atoms with Crippen LogP contribution in [-0.2, 0) is 40.0 Å². The second-order valence-corrected chi connectivity index (χ2v) is 19.7. The maximum Gasteiger partial charge on any atom is 0.407 e. The summed E-state index contributed by atoms with van der Waals surface area (Å²) in [6.45, 7) is 18.3. The number of amides is 2. The minimum Gasteiger partial charge on any atom is -0.469 e. The normalized spacial score (nSPS) is 17.4. The lowest BCUT2D eigenvalue weighted by atomic mass is 9.83. The summed E-state index contributed by atoms with van der Waals surface area (Å²) < 4.78 is 25.6. The molecule has 15 heteroatoms. The first kappa shape index (κ1) is 51.8. The minimum atomic E-state index is -0.915. The van der Waals surface area contributed by atoms with E-state index in [1.807, 2.05) is 13.0 Å². The van der Waals surface area contributed by atoms with Gasteiger partial charge in [0, 0.05) is 52.7 Å². The van der Waals surface area contributed by atoms with Crippen molar-refractivity contribution >= 4 is 77.3 Å². The topological polar surface area (TPSA) is 181 Å². The van der Waals surface area contributed by atoms with Crippen LogP contribution in [0.1, 0.15) is 136 Å². The van der Waals surface area contributed by atoms with Crippen molar-refractivity contribution in [2.45, 2.75) is 126 Å². The lowest BCUT2D eigenvalue weighted by Gasteiger charge is -2.22. The number of esters is 3. The van der Waals surface area contributed by atoms with Gasteiger partial charge >= 0.3 is 24.0 Å². The molecule has 71 heavy (non-hydrogen) atoms. The summed E-state index contributed by atoms with van der Waals surface area (Å²) >= 11 is 0. The van der Waals surface area contributed by atoms with E-state index in [0.717, 1.165) is 67.8 Å². The molecule has 4 aliphatic rings. The SMILES string of the molecule is CCC1=C(C)C2=NC1=Cc1c(C)c(C(=O)OC)c3n1Cn1c(c(C)c(/C=C/c4ccc(C)cc4)c1=C2)=CC1=NC(=C3CC(=O)OC)[C@@H](CCC(=O)N[C@@H](CCCCNC(=O)OC(C)(C)C)C(=O)OC)[C@@H]1C. The number of nitrogens with one attached hydrogen (secondary N) is 2. The number of alkyl carbamates (subject to hydrolysis) is 1. The number of aryl methyl sites for hydroxylation is 1. The van der Waals surface area contributed by atoms with Crippen molar-refractivity contribution in [2.24, 2.45) is 21.8 Å². The standard InChI is InChI=1S/C56H68N6O9/c1-13-37-32(3)42-28-47-38(22-21-36-19-17-31(2)18-20-36)34(5)45-27-43-33(4)39(23-24-48(63)59-41(53(65)69-11)16-14-15-25-57-55(67)71-56(7,8)9)51(60-43)40(26-49(64)68-10)52-50(54(66)70-12)35(6)46(29-44(37)58-42)62(52)30-61(45)47/h17-22,27-29,33,39,41H,13-16,23-26,30H2,1-12H3,(H,57,67)(H,59,63)/b22-21+,42-28?,43-27?,44-29?,45-27?,46-29?,47-28?,51-40?,52-40?/t33-,39-,41-/m0/s1. The van der Waals surface area contributed by atoms with E-state index in [9.17, 15) is 24.0 Å². The molecule has 2 N–H and O–H groups in total. The molecule has 4 aliphatic heterocycles. The Balaban J connectivity index is 1.37. The third kappa shape index (κ3) is 11.0. The lowest BCUT2D eigenvalue weighted by Crippen LogP contribution is -2.41. The molecule has 0 spiro atoms. The Morgan fingerprint density at radius 2 is 1.59 bits per heavy atom. The zero-order valence-electron chi connectivity index (χ0n) is 43.3. The van der Waals surface area contributed by atoms with Crippen LogP contribution >= 0.6 is 0 Å². The fraction of sp³-hybridized carbons (Fsp3) is 0.446. The molecule has 0 radical (unpaired) electrons. The number of carbonyl (C=O) groups excluding carboxylic acids is 5. The third-order valence-corrected chi connectivity index (χ3v) is 13.9. The quantitative estimate of drug-likeness (QED) is 0.0820. The molecule has 0 saturated heterocycles. The number of fused-ring (bicyclic) bond motifs is 2. The first-order chi connectivity index (χ1) is 33.8. The number of hydrogen-bond donors (Lipinski definition) is 2. The smallest absolute Gasteiger partial charge is 0.407 e. The molecular weight excluding hydrogens is 901 g/mol.